The van der Waals surface area contributed by atoms with E-state index in [1.807, 2.05) is 25.1 Å². The van der Waals surface area contributed by atoms with Crippen molar-refractivity contribution in [3.63, 3.8) is 0 Å². The summed E-state index contributed by atoms with van der Waals surface area (Å²) in [4.78, 5) is 25.6. The maximum absolute atomic E-state index is 12.9. The highest BCUT2D eigenvalue weighted by atomic mass is 19.1. The van der Waals surface area contributed by atoms with E-state index in [-0.39, 0.29) is 24.2 Å². The molecule has 0 bridgehead atoms. The maximum Gasteiger partial charge on any atom is 0.263 e. The molecule has 0 radical (unpaired) electrons. The quantitative estimate of drug-likeness (QED) is 0.876. The Kier molecular flexibility index (Phi) is 6.11. The normalized spacial score (nSPS) is 11.5. The van der Waals surface area contributed by atoms with Crippen LogP contribution in [-0.4, -0.2) is 36.4 Å². The molecule has 0 aromatic heterocycles. The second-order valence-electron chi connectivity index (χ2n) is 5.83. The molecular formula is C19H21FN2O3. The molecular weight excluding hydrogens is 323 g/mol. The smallest absolute Gasteiger partial charge is 0.263 e. The van der Waals surface area contributed by atoms with Crippen LogP contribution in [0.4, 0.5) is 10.1 Å². The molecule has 1 N–H and O–H groups in total. The van der Waals surface area contributed by atoms with Gasteiger partial charge in [0.2, 0.25) is 5.91 Å². The number of amides is 2. The van der Waals surface area contributed by atoms with E-state index in [4.69, 9.17) is 4.74 Å². The van der Waals surface area contributed by atoms with Crippen molar-refractivity contribution < 1.29 is 18.7 Å². The number of anilines is 1. The van der Waals surface area contributed by atoms with Gasteiger partial charge in [0.25, 0.3) is 5.91 Å². The van der Waals surface area contributed by atoms with E-state index in [1.165, 1.54) is 36.2 Å². The van der Waals surface area contributed by atoms with Crippen molar-refractivity contribution in [1.82, 2.24) is 4.90 Å². The Hall–Kier alpha value is -2.89. The van der Waals surface area contributed by atoms with E-state index in [9.17, 15) is 14.0 Å². The summed E-state index contributed by atoms with van der Waals surface area (Å²) in [6.07, 6.45) is -0.717. The molecule has 1 unspecified atom stereocenters. The lowest BCUT2D eigenvalue weighted by Crippen LogP contribution is -2.42. The molecule has 0 saturated carbocycles. The number of hydrogen-bond acceptors (Lipinski definition) is 3. The molecule has 0 aliphatic rings. The van der Waals surface area contributed by atoms with Crippen molar-refractivity contribution in [2.45, 2.75) is 20.0 Å². The third kappa shape index (κ3) is 5.60. The minimum absolute atomic E-state index is 0.127. The number of halogens is 1. The van der Waals surface area contributed by atoms with Crippen LogP contribution in [0.2, 0.25) is 0 Å². The molecule has 132 valence electrons. The monoisotopic (exact) mass is 344 g/mol. The first-order valence-electron chi connectivity index (χ1n) is 7.89. The topological polar surface area (TPSA) is 58.6 Å². The number of nitrogens with one attached hydrogen (secondary N) is 1. The summed E-state index contributed by atoms with van der Waals surface area (Å²) in [5.41, 5.74) is 1.50. The van der Waals surface area contributed by atoms with Gasteiger partial charge in [-0.1, -0.05) is 12.1 Å². The van der Waals surface area contributed by atoms with Crippen LogP contribution in [0.3, 0.4) is 0 Å². The molecule has 6 heteroatoms. The van der Waals surface area contributed by atoms with Gasteiger partial charge in [-0.15, -0.1) is 0 Å². The van der Waals surface area contributed by atoms with Gasteiger partial charge in [-0.25, -0.2) is 4.39 Å². The molecule has 2 rings (SSSR count). The van der Waals surface area contributed by atoms with Crippen LogP contribution < -0.4 is 10.1 Å². The minimum atomic E-state index is -0.717. The van der Waals surface area contributed by atoms with E-state index in [1.54, 1.807) is 13.0 Å². The fourth-order valence-electron chi connectivity index (χ4n) is 2.28. The third-order valence-corrected chi connectivity index (χ3v) is 3.54. The Bertz CT molecular complexity index is 747. The fourth-order valence-corrected chi connectivity index (χ4v) is 2.28. The molecule has 2 aromatic carbocycles. The number of benzene rings is 2. The zero-order chi connectivity index (χ0) is 18.4. The Morgan fingerprint density at radius 3 is 2.52 bits per heavy atom. The van der Waals surface area contributed by atoms with Gasteiger partial charge in [0.15, 0.2) is 6.10 Å². The zero-order valence-corrected chi connectivity index (χ0v) is 14.5. The van der Waals surface area contributed by atoms with E-state index in [2.05, 4.69) is 5.32 Å². The molecule has 25 heavy (non-hydrogen) atoms. The predicted octanol–water partition coefficient (Wildman–Crippen LogP) is 3.00. The van der Waals surface area contributed by atoms with Gasteiger partial charge in [0, 0.05) is 12.7 Å². The SMILES string of the molecule is Cc1cccc(OC(C)C(=O)N(C)CC(=O)Nc2ccc(F)cc2)c1. The number of nitrogens with zero attached hydrogens (tertiary/aromatic N) is 1. The Morgan fingerprint density at radius 2 is 1.88 bits per heavy atom. The van der Waals surface area contributed by atoms with Gasteiger partial charge < -0.3 is 15.0 Å². The molecule has 0 spiro atoms. The van der Waals surface area contributed by atoms with Crippen LogP contribution in [0.5, 0.6) is 5.75 Å². The lowest BCUT2D eigenvalue weighted by atomic mass is 10.2. The van der Waals surface area contributed by atoms with Crippen LogP contribution in [0, 0.1) is 12.7 Å². The summed E-state index contributed by atoms with van der Waals surface area (Å²) < 4.78 is 18.5. The van der Waals surface area contributed by atoms with Crippen LogP contribution in [0.1, 0.15) is 12.5 Å². The van der Waals surface area contributed by atoms with Crippen LogP contribution in [-0.2, 0) is 9.59 Å². The van der Waals surface area contributed by atoms with Gasteiger partial charge >= 0.3 is 0 Å². The van der Waals surface area contributed by atoms with Gasteiger partial charge in [-0.3, -0.25) is 9.59 Å². The highest BCUT2D eigenvalue weighted by Gasteiger charge is 2.21. The van der Waals surface area contributed by atoms with Crippen molar-refractivity contribution in [3.05, 3.63) is 59.9 Å². The minimum Gasteiger partial charge on any atom is -0.481 e. The first-order chi connectivity index (χ1) is 11.8. The average Bonchev–Trinajstić information content (AvgIpc) is 2.56. The molecule has 0 heterocycles. The van der Waals surface area contributed by atoms with Crippen molar-refractivity contribution in [2.75, 3.05) is 18.9 Å². The van der Waals surface area contributed by atoms with E-state index in [0.29, 0.717) is 11.4 Å². The van der Waals surface area contributed by atoms with Crippen LogP contribution in [0.25, 0.3) is 0 Å². The largest absolute Gasteiger partial charge is 0.481 e. The summed E-state index contributed by atoms with van der Waals surface area (Å²) in [5, 5.41) is 2.61. The molecule has 5 nitrogen and oxygen atoms in total. The first-order valence-corrected chi connectivity index (χ1v) is 7.89. The first kappa shape index (κ1) is 18.4. The number of carbonyl (C=O) groups excluding carboxylic acids is 2. The third-order valence-electron chi connectivity index (χ3n) is 3.54. The second kappa shape index (κ2) is 8.28. The summed E-state index contributed by atoms with van der Waals surface area (Å²) in [5.74, 6) is -0.460. The zero-order valence-electron chi connectivity index (χ0n) is 14.5. The highest BCUT2D eigenvalue weighted by molar-refractivity contribution is 5.95. The molecule has 1 atom stereocenters. The number of carbonyl (C=O) groups is 2. The number of ether oxygens (including phenoxy) is 1. The number of likely N-dealkylation sites (N-methyl/N-ethyl adjacent to an activating group) is 1. The van der Waals surface area contributed by atoms with Gasteiger partial charge in [0.05, 0.1) is 6.54 Å². The van der Waals surface area contributed by atoms with Gasteiger partial charge in [-0.05, 0) is 55.8 Å². The fraction of sp³-hybridized carbons (Fsp3) is 0.263. The summed E-state index contributed by atoms with van der Waals surface area (Å²) >= 11 is 0. The molecule has 0 aliphatic carbocycles. The highest BCUT2D eigenvalue weighted by Crippen LogP contribution is 2.15. The lowest BCUT2D eigenvalue weighted by Gasteiger charge is -2.22. The summed E-state index contributed by atoms with van der Waals surface area (Å²) in [7, 11) is 1.53. The van der Waals surface area contributed by atoms with E-state index >= 15 is 0 Å². The lowest BCUT2D eigenvalue weighted by molar-refractivity contribution is -0.139. The van der Waals surface area contributed by atoms with Crippen LogP contribution >= 0.6 is 0 Å². The van der Waals surface area contributed by atoms with E-state index < -0.39 is 6.10 Å². The molecule has 0 fully saturated rings. The number of hydrogen-bond donors (Lipinski definition) is 1. The Labute approximate surface area is 146 Å². The van der Waals surface area contributed by atoms with Crippen molar-refractivity contribution in [2.24, 2.45) is 0 Å². The summed E-state index contributed by atoms with van der Waals surface area (Å²) in [6.45, 7) is 3.45. The van der Waals surface area contributed by atoms with Crippen LogP contribution in [0.15, 0.2) is 48.5 Å². The maximum atomic E-state index is 12.9. The molecule has 2 amide bonds. The second-order valence-corrected chi connectivity index (χ2v) is 5.83. The molecule has 0 aliphatic heterocycles. The average molecular weight is 344 g/mol. The van der Waals surface area contributed by atoms with Gasteiger partial charge in [-0.2, -0.15) is 0 Å². The Morgan fingerprint density at radius 1 is 1.20 bits per heavy atom. The standard InChI is InChI=1S/C19H21FN2O3/c1-13-5-4-6-17(11-13)25-14(2)19(24)22(3)12-18(23)21-16-9-7-15(20)8-10-16/h4-11,14H,12H2,1-3H3,(H,21,23). The van der Waals surface area contributed by atoms with Crippen molar-refractivity contribution in [1.29, 1.82) is 0 Å². The van der Waals surface area contributed by atoms with Gasteiger partial charge in [0.1, 0.15) is 11.6 Å². The van der Waals surface area contributed by atoms with Crippen molar-refractivity contribution in [3.8, 4) is 5.75 Å². The predicted molar refractivity (Wildman–Crippen MR) is 93.9 cm³/mol. The van der Waals surface area contributed by atoms with Crippen molar-refractivity contribution >= 4 is 17.5 Å². The van der Waals surface area contributed by atoms with E-state index in [0.717, 1.165) is 5.56 Å². The Balaban J connectivity index is 1.88. The summed E-state index contributed by atoms with van der Waals surface area (Å²) in [6, 6.07) is 12.8. The number of aryl methyl sites for hydroxylation is 1. The molecule has 0 saturated heterocycles. The number of rotatable bonds is 6. The molecule has 2 aromatic rings.